The third kappa shape index (κ3) is 3.57. The molecule has 2 heterocycles. The van der Waals surface area contributed by atoms with E-state index in [-0.39, 0.29) is 12.3 Å². The molecular weight excluding hydrogens is 330 g/mol. The van der Waals surface area contributed by atoms with E-state index in [9.17, 15) is 9.59 Å². The molecule has 0 aliphatic rings. The first-order valence-electron chi connectivity index (χ1n) is 7.21. The lowest BCUT2D eigenvalue weighted by Gasteiger charge is -2.01. The van der Waals surface area contributed by atoms with Crippen molar-refractivity contribution < 1.29 is 14.0 Å². The number of benzene rings is 1. The van der Waals surface area contributed by atoms with Gasteiger partial charge in [0.05, 0.1) is 5.56 Å². The maximum absolute atomic E-state index is 11.5. The molecule has 0 radical (unpaired) electrons. The summed E-state index contributed by atoms with van der Waals surface area (Å²) in [7, 11) is 1.45. The second-order valence-electron chi connectivity index (χ2n) is 4.85. The van der Waals surface area contributed by atoms with E-state index >= 15 is 0 Å². The Labute approximate surface area is 141 Å². The minimum absolute atomic E-state index is 0.170. The highest BCUT2D eigenvalue weighted by Gasteiger charge is 2.14. The normalized spacial score (nSPS) is 10.7. The van der Waals surface area contributed by atoms with E-state index in [0.717, 1.165) is 16.5 Å². The molecule has 1 aromatic carbocycles. The first-order chi connectivity index (χ1) is 11.7. The summed E-state index contributed by atoms with van der Waals surface area (Å²) < 4.78 is 5.63. The van der Waals surface area contributed by atoms with Crippen molar-refractivity contribution in [3.05, 3.63) is 30.5 Å². The Morgan fingerprint density at radius 1 is 1.29 bits per heavy atom. The van der Waals surface area contributed by atoms with Gasteiger partial charge in [-0.25, -0.2) is 4.79 Å². The summed E-state index contributed by atoms with van der Waals surface area (Å²) >= 11 is 1.26. The molecule has 3 aromatic rings. The largest absolute Gasteiger partial charge is 0.411 e. The topological polar surface area (TPSA) is 113 Å². The second kappa shape index (κ2) is 7.18. The van der Waals surface area contributed by atoms with Crippen molar-refractivity contribution in [3.63, 3.8) is 0 Å². The fourth-order valence-corrected chi connectivity index (χ4v) is 2.81. The Balaban J connectivity index is 1.60. The number of nitrogens with zero attached hydrogens (tertiary/aromatic N) is 2. The van der Waals surface area contributed by atoms with Crippen LogP contribution in [0.5, 0.6) is 0 Å². The van der Waals surface area contributed by atoms with Gasteiger partial charge in [0.15, 0.2) is 0 Å². The van der Waals surface area contributed by atoms with Crippen LogP contribution < -0.4 is 10.6 Å². The van der Waals surface area contributed by atoms with Gasteiger partial charge in [-0.15, -0.1) is 10.2 Å². The number of aromatic nitrogens is 3. The predicted molar refractivity (Wildman–Crippen MR) is 89.5 cm³/mol. The van der Waals surface area contributed by atoms with E-state index in [4.69, 9.17) is 4.42 Å². The molecule has 3 amide bonds. The number of urea groups is 1. The fourth-order valence-electron chi connectivity index (χ4n) is 2.11. The first kappa shape index (κ1) is 16.1. The summed E-state index contributed by atoms with van der Waals surface area (Å²) in [6.07, 6.45) is 1.99. The van der Waals surface area contributed by atoms with Gasteiger partial charge in [0, 0.05) is 36.3 Å². The summed E-state index contributed by atoms with van der Waals surface area (Å²) in [5.41, 5.74) is 1.83. The number of carbonyl (C=O) groups excluding carboxylic acids is 2. The number of carbonyl (C=O) groups is 2. The van der Waals surface area contributed by atoms with Gasteiger partial charge in [-0.3, -0.25) is 10.1 Å². The highest BCUT2D eigenvalue weighted by Crippen LogP contribution is 2.29. The van der Waals surface area contributed by atoms with E-state index in [0.29, 0.717) is 16.9 Å². The summed E-state index contributed by atoms with van der Waals surface area (Å²) in [5, 5.41) is 13.9. The van der Waals surface area contributed by atoms with Crippen molar-refractivity contribution >= 4 is 34.6 Å². The molecule has 0 unspecified atom stereocenters. The van der Waals surface area contributed by atoms with Gasteiger partial charge < -0.3 is 14.7 Å². The minimum atomic E-state index is -0.524. The minimum Gasteiger partial charge on any atom is -0.411 e. The number of fused-ring (bicyclic) bond motifs is 1. The van der Waals surface area contributed by atoms with Crippen LogP contribution in [0.1, 0.15) is 6.42 Å². The van der Waals surface area contributed by atoms with Gasteiger partial charge in [-0.1, -0.05) is 30.0 Å². The predicted octanol–water partition coefficient (Wildman–Crippen LogP) is 2.16. The number of imide groups is 1. The lowest BCUT2D eigenvalue weighted by atomic mass is 10.2. The number of hydrogen-bond donors (Lipinski definition) is 3. The van der Waals surface area contributed by atoms with Crippen molar-refractivity contribution in [2.45, 2.75) is 11.6 Å². The standard InChI is InChI=1S/C15H15N5O3S/c1-16-14(22)18-12(21)6-7-24-15-20-19-13(23-15)10-8-17-11-5-3-2-4-9(10)11/h2-5,8,17H,6-7H2,1H3,(H2,16,18,21,22). The molecule has 9 heteroatoms. The zero-order chi connectivity index (χ0) is 16.9. The van der Waals surface area contributed by atoms with Gasteiger partial charge in [-0.2, -0.15) is 0 Å². The number of hydrogen-bond acceptors (Lipinski definition) is 6. The SMILES string of the molecule is CNC(=O)NC(=O)CCSc1nnc(-c2c[nH]c3ccccc23)o1. The van der Waals surface area contributed by atoms with Gasteiger partial charge >= 0.3 is 6.03 Å². The fraction of sp³-hybridized carbons (Fsp3) is 0.200. The Morgan fingerprint density at radius 2 is 2.12 bits per heavy atom. The lowest BCUT2D eigenvalue weighted by molar-refractivity contribution is -0.119. The van der Waals surface area contributed by atoms with Crippen molar-refractivity contribution in [1.29, 1.82) is 0 Å². The van der Waals surface area contributed by atoms with Gasteiger partial charge in [0.25, 0.3) is 11.1 Å². The van der Waals surface area contributed by atoms with E-state index in [1.807, 2.05) is 30.5 Å². The number of H-pyrrole nitrogens is 1. The average molecular weight is 345 g/mol. The molecule has 0 fully saturated rings. The monoisotopic (exact) mass is 345 g/mol. The lowest BCUT2D eigenvalue weighted by Crippen LogP contribution is -2.37. The van der Waals surface area contributed by atoms with Gasteiger partial charge in [-0.05, 0) is 6.07 Å². The zero-order valence-corrected chi connectivity index (χ0v) is 13.6. The molecule has 2 aromatic heterocycles. The number of nitrogens with one attached hydrogen (secondary N) is 3. The van der Waals surface area contributed by atoms with Crippen LogP contribution in [0.4, 0.5) is 4.79 Å². The van der Waals surface area contributed by atoms with Crippen molar-refractivity contribution in [3.8, 4) is 11.5 Å². The van der Waals surface area contributed by atoms with E-state index in [1.165, 1.54) is 18.8 Å². The average Bonchev–Trinajstić information content (AvgIpc) is 3.21. The van der Waals surface area contributed by atoms with Crippen LogP contribution in [0.15, 0.2) is 40.1 Å². The molecule has 8 nitrogen and oxygen atoms in total. The van der Waals surface area contributed by atoms with Crippen molar-refractivity contribution in [2.75, 3.05) is 12.8 Å². The number of thioether (sulfide) groups is 1. The number of amides is 3. The number of aromatic amines is 1. The maximum Gasteiger partial charge on any atom is 0.321 e. The molecule has 124 valence electrons. The maximum atomic E-state index is 11.5. The Kier molecular flexibility index (Phi) is 4.80. The van der Waals surface area contributed by atoms with Crippen LogP contribution in [0.3, 0.4) is 0 Å². The van der Waals surface area contributed by atoms with Crippen molar-refractivity contribution in [2.24, 2.45) is 0 Å². The van der Waals surface area contributed by atoms with E-state index in [1.54, 1.807) is 0 Å². The Bertz CT molecular complexity index is 873. The molecule has 0 aliphatic heterocycles. The van der Waals surface area contributed by atoms with Crippen LogP contribution in [0.2, 0.25) is 0 Å². The molecule has 0 saturated heterocycles. The molecule has 0 bridgehead atoms. The summed E-state index contributed by atoms with van der Waals surface area (Å²) in [4.78, 5) is 25.6. The highest BCUT2D eigenvalue weighted by molar-refractivity contribution is 7.99. The van der Waals surface area contributed by atoms with Crippen LogP contribution >= 0.6 is 11.8 Å². The summed E-state index contributed by atoms with van der Waals surface area (Å²) in [6.45, 7) is 0. The van der Waals surface area contributed by atoms with Crippen LogP contribution in [-0.4, -0.2) is 39.9 Å². The molecule has 0 aliphatic carbocycles. The number of rotatable bonds is 5. The van der Waals surface area contributed by atoms with E-state index < -0.39 is 6.03 Å². The van der Waals surface area contributed by atoms with Gasteiger partial charge in [0.2, 0.25) is 5.91 Å². The third-order valence-corrected chi connectivity index (χ3v) is 4.08. The Hall–Kier alpha value is -2.81. The zero-order valence-electron chi connectivity index (χ0n) is 12.8. The van der Waals surface area contributed by atoms with Gasteiger partial charge in [0.1, 0.15) is 0 Å². The smallest absolute Gasteiger partial charge is 0.321 e. The highest BCUT2D eigenvalue weighted by atomic mass is 32.2. The summed E-state index contributed by atoms with van der Waals surface area (Å²) in [6, 6.07) is 7.31. The van der Waals surface area contributed by atoms with Crippen LogP contribution in [0, 0.1) is 0 Å². The number of para-hydroxylation sites is 1. The molecular formula is C15H15N5O3S. The van der Waals surface area contributed by atoms with Crippen LogP contribution in [0.25, 0.3) is 22.4 Å². The summed E-state index contributed by atoms with van der Waals surface area (Å²) in [5.74, 6) is 0.487. The third-order valence-electron chi connectivity index (χ3n) is 3.26. The molecule has 0 atom stereocenters. The molecule has 3 N–H and O–H groups in total. The molecule has 0 saturated carbocycles. The van der Waals surface area contributed by atoms with Crippen molar-refractivity contribution in [1.82, 2.24) is 25.8 Å². The Morgan fingerprint density at radius 3 is 2.96 bits per heavy atom. The molecule has 3 rings (SSSR count). The van der Waals surface area contributed by atoms with Crippen LogP contribution in [-0.2, 0) is 4.79 Å². The second-order valence-corrected chi connectivity index (χ2v) is 5.89. The molecule has 24 heavy (non-hydrogen) atoms. The quantitative estimate of drug-likeness (QED) is 0.611. The van der Waals surface area contributed by atoms with E-state index in [2.05, 4.69) is 25.8 Å². The molecule has 0 spiro atoms. The first-order valence-corrected chi connectivity index (χ1v) is 8.20.